The number of rotatable bonds is 6. The third kappa shape index (κ3) is 4.08. The van der Waals surface area contributed by atoms with Crippen LogP contribution in [0.1, 0.15) is 20.3 Å². The molecule has 1 aromatic heterocycles. The summed E-state index contributed by atoms with van der Waals surface area (Å²) >= 11 is 3.44. The minimum Gasteiger partial charge on any atom is -0.398 e. The van der Waals surface area contributed by atoms with Gasteiger partial charge in [-0.05, 0) is 68.0 Å². The summed E-state index contributed by atoms with van der Waals surface area (Å²) in [7, 11) is 2.16. The van der Waals surface area contributed by atoms with Crippen molar-refractivity contribution in [2.45, 2.75) is 26.3 Å². The van der Waals surface area contributed by atoms with Crippen molar-refractivity contribution in [3.8, 4) is 0 Å². The molecule has 0 aliphatic heterocycles. The number of nitrogen functional groups attached to an aromatic ring is 1. The molecule has 0 saturated carbocycles. The molecule has 114 valence electrons. The average Bonchev–Trinajstić information content (AvgIpc) is 2.45. The second kappa shape index (κ2) is 7.09. The standard InChI is InChI=1S/C16H23BrN4/c1-11(2)21(3)8-4-7-19-15-6-5-14(18)13-9-12(17)10-20-16(13)15/h5-6,9-11,19H,4,7-8,18H2,1-3H3. The third-order valence-corrected chi connectivity index (χ3v) is 4.17. The first-order chi connectivity index (χ1) is 9.99. The van der Waals surface area contributed by atoms with Crippen LogP contribution in [0.5, 0.6) is 0 Å². The van der Waals surface area contributed by atoms with E-state index < -0.39 is 0 Å². The number of pyridine rings is 1. The van der Waals surface area contributed by atoms with Gasteiger partial charge >= 0.3 is 0 Å². The van der Waals surface area contributed by atoms with Crippen molar-refractivity contribution in [1.82, 2.24) is 9.88 Å². The number of benzene rings is 1. The van der Waals surface area contributed by atoms with Gasteiger partial charge in [0.15, 0.2) is 0 Å². The maximum atomic E-state index is 6.03. The molecule has 3 N–H and O–H groups in total. The summed E-state index contributed by atoms with van der Waals surface area (Å²) < 4.78 is 0.942. The van der Waals surface area contributed by atoms with Crippen LogP contribution < -0.4 is 11.1 Å². The minimum atomic E-state index is 0.585. The molecule has 0 saturated heterocycles. The Kier molecular flexibility index (Phi) is 5.42. The van der Waals surface area contributed by atoms with E-state index in [1.807, 2.05) is 18.2 Å². The van der Waals surface area contributed by atoms with Gasteiger partial charge in [0.25, 0.3) is 0 Å². The normalized spacial score (nSPS) is 11.5. The molecule has 0 radical (unpaired) electrons. The van der Waals surface area contributed by atoms with E-state index in [-0.39, 0.29) is 0 Å². The Hall–Kier alpha value is -1.33. The molecule has 0 fully saturated rings. The Morgan fingerprint density at radius 1 is 1.38 bits per heavy atom. The lowest BCUT2D eigenvalue weighted by Crippen LogP contribution is -2.28. The highest BCUT2D eigenvalue weighted by atomic mass is 79.9. The summed E-state index contributed by atoms with van der Waals surface area (Å²) in [5, 5.41) is 4.45. The first-order valence-electron chi connectivity index (χ1n) is 7.27. The highest BCUT2D eigenvalue weighted by Crippen LogP contribution is 2.28. The van der Waals surface area contributed by atoms with Crippen LogP contribution in [0.25, 0.3) is 10.9 Å². The zero-order valence-electron chi connectivity index (χ0n) is 12.9. The van der Waals surface area contributed by atoms with Gasteiger partial charge in [-0.15, -0.1) is 0 Å². The van der Waals surface area contributed by atoms with Gasteiger partial charge in [0.05, 0.1) is 11.2 Å². The maximum Gasteiger partial charge on any atom is 0.0954 e. The van der Waals surface area contributed by atoms with E-state index >= 15 is 0 Å². The molecule has 0 spiro atoms. The van der Waals surface area contributed by atoms with Crippen LogP contribution in [-0.4, -0.2) is 36.1 Å². The molecular formula is C16H23BrN4. The van der Waals surface area contributed by atoms with Crippen molar-refractivity contribution < 1.29 is 0 Å². The van der Waals surface area contributed by atoms with Crippen LogP contribution in [0.15, 0.2) is 28.9 Å². The Balaban J connectivity index is 2.04. The molecule has 21 heavy (non-hydrogen) atoms. The van der Waals surface area contributed by atoms with Gasteiger partial charge in [0, 0.05) is 34.3 Å². The Morgan fingerprint density at radius 2 is 2.14 bits per heavy atom. The molecule has 0 aliphatic rings. The molecule has 0 aliphatic carbocycles. The van der Waals surface area contributed by atoms with E-state index in [1.165, 1.54) is 0 Å². The molecule has 2 aromatic rings. The molecule has 5 heteroatoms. The largest absolute Gasteiger partial charge is 0.398 e. The van der Waals surface area contributed by atoms with Crippen LogP contribution in [0, 0.1) is 0 Å². The van der Waals surface area contributed by atoms with Crippen LogP contribution >= 0.6 is 15.9 Å². The van der Waals surface area contributed by atoms with Crippen molar-refractivity contribution in [1.29, 1.82) is 0 Å². The number of halogens is 1. The SMILES string of the molecule is CC(C)N(C)CCCNc1ccc(N)c2cc(Br)cnc12. The van der Waals surface area contributed by atoms with Crippen molar-refractivity contribution >= 4 is 38.2 Å². The number of anilines is 2. The minimum absolute atomic E-state index is 0.585. The van der Waals surface area contributed by atoms with Crippen molar-refractivity contribution in [3.05, 3.63) is 28.9 Å². The molecule has 1 aromatic carbocycles. The van der Waals surface area contributed by atoms with Gasteiger partial charge in [0.2, 0.25) is 0 Å². The number of aromatic nitrogens is 1. The summed E-state index contributed by atoms with van der Waals surface area (Å²) in [5.41, 5.74) is 8.75. The zero-order valence-corrected chi connectivity index (χ0v) is 14.4. The molecule has 1 heterocycles. The fourth-order valence-electron chi connectivity index (χ4n) is 2.17. The van der Waals surface area contributed by atoms with Gasteiger partial charge in [-0.25, -0.2) is 0 Å². The molecule has 0 atom stereocenters. The molecule has 0 amide bonds. The number of nitrogens with two attached hydrogens (primary N) is 1. The van der Waals surface area contributed by atoms with Crippen LogP contribution in [0.3, 0.4) is 0 Å². The molecular weight excluding hydrogens is 328 g/mol. The van der Waals surface area contributed by atoms with E-state index in [4.69, 9.17) is 5.73 Å². The second-order valence-corrected chi connectivity index (χ2v) is 6.52. The lowest BCUT2D eigenvalue weighted by Gasteiger charge is -2.21. The monoisotopic (exact) mass is 350 g/mol. The van der Waals surface area contributed by atoms with Gasteiger partial charge in [-0.2, -0.15) is 0 Å². The highest BCUT2D eigenvalue weighted by Gasteiger charge is 2.07. The molecule has 4 nitrogen and oxygen atoms in total. The van der Waals surface area contributed by atoms with Crippen LogP contribution in [0.4, 0.5) is 11.4 Å². The molecule has 0 bridgehead atoms. The number of fused-ring (bicyclic) bond motifs is 1. The van der Waals surface area contributed by atoms with Crippen LogP contribution in [0.2, 0.25) is 0 Å². The van der Waals surface area contributed by atoms with E-state index in [9.17, 15) is 0 Å². The zero-order chi connectivity index (χ0) is 15.4. The van der Waals surface area contributed by atoms with Crippen molar-refractivity contribution in [2.24, 2.45) is 0 Å². The maximum absolute atomic E-state index is 6.03. The first kappa shape index (κ1) is 16.0. The van der Waals surface area contributed by atoms with E-state index in [0.717, 1.165) is 46.3 Å². The van der Waals surface area contributed by atoms with E-state index in [0.29, 0.717) is 6.04 Å². The Bertz CT molecular complexity index is 612. The van der Waals surface area contributed by atoms with E-state index in [2.05, 4.69) is 52.0 Å². The highest BCUT2D eigenvalue weighted by molar-refractivity contribution is 9.10. The second-order valence-electron chi connectivity index (χ2n) is 5.61. The number of hydrogen-bond donors (Lipinski definition) is 2. The molecule has 0 unspecified atom stereocenters. The van der Waals surface area contributed by atoms with Gasteiger partial charge in [0.1, 0.15) is 0 Å². The number of nitrogens with one attached hydrogen (secondary N) is 1. The molecule has 2 rings (SSSR count). The Labute approximate surface area is 134 Å². The number of hydrogen-bond acceptors (Lipinski definition) is 4. The third-order valence-electron chi connectivity index (χ3n) is 3.73. The topological polar surface area (TPSA) is 54.2 Å². The predicted molar refractivity (Wildman–Crippen MR) is 94.7 cm³/mol. The summed E-state index contributed by atoms with van der Waals surface area (Å²) in [4.78, 5) is 6.83. The summed E-state index contributed by atoms with van der Waals surface area (Å²) in [5.74, 6) is 0. The lowest BCUT2D eigenvalue weighted by atomic mass is 10.1. The van der Waals surface area contributed by atoms with Gasteiger partial charge < -0.3 is 16.0 Å². The smallest absolute Gasteiger partial charge is 0.0954 e. The number of nitrogens with zero attached hydrogens (tertiary/aromatic N) is 2. The summed E-state index contributed by atoms with van der Waals surface area (Å²) in [6, 6.07) is 6.53. The lowest BCUT2D eigenvalue weighted by molar-refractivity contribution is 0.273. The predicted octanol–water partition coefficient (Wildman–Crippen LogP) is 3.72. The average molecular weight is 351 g/mol. The van der Waals surface area contributed by atoms with Crippen molar-refractivity contribution in [3.63, 3.8) is 0 Å². The summed E-state index contributed by atoms with van der Waals surface area (Å²) in [6.07, 6.45) is 2.90. The quantitative estimate of drug-likeness (QED) is 0.615. The fourth-order valence-corrected chi connectivity index (χ4v) is 2.50. The fraction of sp³-hybridized carbons (Fsp3) is 0.438. The van der Waals surface area contributed by atoms with E-state index in [1.54, 1.807) is 6.20 Å². The van der Waals surface area contributed by atoms with Gasteiger partial charge in [-0.1, -0.05) is 0 Å². The van der Waals surface area contributed by atoms with Crippen LogP contribution in [-0.2, 0) is 0 Å². The first-order valence-corrected chi connectivity index (χ1v) is 8.06. The summed E-state index contributed by atoms with van der Waals surface area (Å²) in [6.45, 7) is 6.43. The van der Waals surface area contributed by atoms with Crippen molar-refractivity contribution in [2.75, 3.05) is 31.2 Å². The van der Waals surface area contributed by atoms with Gasteiger partial charge in [-0.3, -0.25) is 4.98 Å². The Morgan fingerprint density at radius 3 is 2.86 bits per heavy atom.